The van der Waals surface area contributed by atoms with E-state index in [0.717, 1.165) is 16.6 Å². The molecule has 1 atom stereocenters. The van der Waals surface area contributed by atoms with E-state index in [1.165, 1.54) is 12.7 Å². The molecule has 1 aliphatic heterocycles. The van der Waals surface area contributed by atoms with Crippen molar-refractivity contribution in [3.8, 4) is 5.75 Å². The van der Waals surface area contributed by atoms with E-state index in [2.05, 4.69) is 48.8 Å². The maximum absolute atomic E-state index is 12.4. The van der Waals surface area contributed by atoms with Crippen molar-refractivity contribution >= 4 is 27.8 Å². The number of likely N-dealkylation sites (tertiary alicyclic amines) is 1. The standard InChI is InChI=1S/C20H28BrNO4/c1-20(2,3)14-9-10-17(15(21)13-14)26-12-6-8-18(23)22-11-5-7-16(22)19(24)25-4/h9-10,13,16H,5-8,11-12H2,1-4H3. The molecule has 1 saturated heterocycles. The third kappa shape index (κ3) is 5.22. The Morgan fingerprint density at radius 2 is 2.04 bits per heavy atom. The summed E-state index contributed by atoms with van der Waals surface area (Å²) >= 11 is 3.55. The summed E-state index contributed by atoms with van der Waals surface area (Å²) in [5, 5.41) is 0. The van der Waals surface area contributed by atoms with Crippen LogP contribution in [0.4, 0.5) is 0 Å². The molecule has 1 aromatic rings. The molecule has 0 bridgehead atoms. The lowest BCUT2D eigenvalue weighted by Crippen LogP contribution is -2.41. The van der Waals surface area contributed by atoms with Gasteiger partial charge in [-0.05, 0) is 58.3 Å². The van der Waals surface area contributed by atoms with Gasteiger partial charge in [0.2, 0.25) is 5.91 Å². The third-order valence-electron chi connectivity index (χ3n) is 4.64. The zero-order chi connectivity index (χ0) is 19.3. The number of hydrogen-bond donors (Lipinski definition) is 0. The first-order valence-corrected chi connectivity index (χ1v) is 9.83. The van der Waals surface area contributed by atoms with E-state index in [-0.39, 0.29) is 17.3 Å². The summed E-state index contributed by atoms with van der Waals surface area (Å²) < 4.78 is 11.5. The lowest BCUT2D eigenvalue weighted by Gasteiger charge is -2.22. The molecule has 0 aromatic heterocycles. The molecule has 6 heteroatoms. The zero-order valence-corrected chi connectivity index (χ0v) is 17.6. The Hall–Kier alpha value is -1.56. The second kappa shape index (κ2) is 8.89. The van der Waals surface area contributed by atoms with Gasteiger partial charge < -0.3 is 14.4 Å². The van der Waals surface area contributed by atoms with Gasteiger partial charge in [0.25, 0.3) is 0 Å². The molecule has 0 N–H and O–H groups in total. The van der Waals surface area contributed by atoms with E-state index in [4.69, 9.17) is 9.47 Å². The van der Waals surface area contributed by atoms with Gasteiger partial charge in [0, 0.05) is 13.0 Å². The number of carbonyl (C=O) groups is 2. The van der Waals surface area contributed by atoms with Crippen LogP contribution in [-0.2, 0) is 19.7 Å². The summed E-state index contributed by atoms with van der Waals surface area (Å²) in [7, 11) is 1.36. The lowest BCUT2D eigenvalue weighted by atomic mass is 9.87. The van der Waals surface area contributed by atoms with Crippen molar-refractivity contribution in [3.05, 3.63) is 28.2 Å². The highest BCUT2D eigenvalue weighted by Crippen LogP contribution is 2.31. The van der Waals surface area contributed by atoms with Crippen molar-refractivity contribution in [2.75, 3.05) is 20.3 Å². The Morgan fingerprint density at radius 3 is 2.65 bits per heavy atom. The molecule has 26 heavy (non-hydrogen) atoms. The minimum Gasteiger partial charge on any atom is -0.492 e. The van der Waals surface area contributed by atoms with Gasteiger partial charge in [-0.1, -0.05) is 26.8 Å². The van der Waals surface area contributed by atoms with Crippen LogP contribution in [0.25, 0.3) is 0 Å². The summed E-state index contributed by atoms with van der Waals surface area (Å²) in [6.45, 7) is 7.58. The second-order valence-corrected chi connectivity index (χ2v) is 8.47. The van der Waals surface area contributed by atoms with Crippen molar-refractivity contribution < 1.29 is 19.1 Å². The van der Waals surface area contributed by atoms with Crippen LogP contribution in [0.5, 0.6) is 5.75 Å². The Bertz CT molecular complexity index is 654. The second-order valence-electron chi connectivity index (χ2n) is 7.62. The Labute approximate surface area is 164 Å². The van der Waals surface area contributed by atoms with E-state index < -0.39 is 6.04 Å². The van der Waals surface area contributed by atoms with E-state index in [1.807, 2.05) is 6.07 Å². The number of esters is 1. The number of ether oxygens (including phenoxy) is 2. The molecule has 1 unspecified atom stereocenters. The molecule has 1 fully saturated rings. The van der Waals surface area contributed by atoms with Crippen LogP contribution >= 0.6 is 15.9 Å². The normalized spacial score (nSPS) is 17.3. The summed E-state index contributed by atoms with van der Waals surface area (Å²) in [5.41, 5.74) is 1.31. The van der Waals surface area contributed by atoms with Crippen LogP contribution in [0.3, 0.4) is 0 Å². The smallest absolute Gasteiger partial charge is 0.328 e. The lowest BCUT2D eigenvalue weighted by molar-refractivity contribution is -0.151. The van der Waals surface area contributed by atoms with Crippen molar-refractivity contribution in [2.45, 2.75) is 57.9 Å². The van der Waals surface area contributed by atoms with Gasteiger partial charge in [-0.3, -0.25) is 4.79 Å². The van der Waals surface area contributed by atoms with Crippen LogP contribution in [0, 0.1) is 0 Å². The van der Waals surface area contributed by atoms with Crippen molar-refractivity contribution in [1.29, 1.82) is 0 Å². The Balaban J connectivity index is 1.82. The zero-order valence-electron chi connectivity index (χ0n) is 16.0. The fraction of sp³-hybridized carbons (Fsp3) is 0.600. The highest BCUT2D eigenvalue weighted by molar-refractivity contribution is 9.10. The van der Waals surface area contributed by atoms with Gasteiger partial charge in [-0.15, -0.1) is 0 Å². The summed E-state index contributed by atoms with van der Waals surface area (Å²) in [6, 6.07) is 5.68. The van der Waals surface area contributed by atoms with Gasteiger partial charge in [0.05, 0.1) is 18.2 Å². The molecule has 0 spiro atoms. The third-order valence-corrected chi connectivity index (χ3v) is 5.26. The molecule has 144 valence electrons. The number of benzene rings is 1. The summed E-state index contributed by atoms with van der Waals surface area (Å²) in [5.74, 6) is 0.442. The van der Waals surface area contributed by atoms with Gasteiger partial charge in [-0.2, -0.15) is 0 Å². The number of carbonyl (C=O) groups excluding carboxylic acids is 2. The van der Waals surface area contributed by atoms with Crippen LogP contribution in [-0.4, -0.2) is 43.1 Å². The van der Waals surface area contributed by atoms with Crippen molar-refractivity contribution in [3.63, 3.8) is 0 Å². The molecule has 5 nitrogen and oxygen atoms in total. The van der Waals surface area contributed by atoms with E-state index in [0.29, 0.717) is 32.4 Å². The van der Waals surface area contributed by atoms with Crippen LogP contribution < -0.4 is 4.74 Å². The van der Waals surface area contributed by atoms with Gasteiger partial charge in [-0.25, -0.2) is 4.79 Å². The molecular weight excluding hydrogens is 398 g/mol. The van der Waals surface area contributed by atoms with E-state index >= 15 is 0 Å². The fourth-order valence-corrected chi connectivity index (χ4v) is 3.57. The predicted molar refractivity (Wildman–Crippen MR) is 104 cm³/mol. The quantitative estimate of drug-likeness (QED) is 0.509. The molecule has 1 aliphatic rings. The maximum atomic E-state index is 12.4. The molecule has 0 radical (unpaired) electrons. The number of hydrogen-bond acceptors (Lipinski definition) is 4. The SMILES string of the molecule is COC(=O)C1CCCN1C(=O)CCCOc1ccc(C(C)(C)C)cc1Br. The van der Waals surface area contributed by atoms with Crippen molar-refractivity contribution in [2.24, 2.45) is 0 Å². The van der Waals surface area contributed by atoms with Crippen LogP contribution in [0.2, 0.25) is 0 Å². The maximum Gasteiger partial charge on any atom is 0.328 e. The van der Waals surface area contributed by atoms with Crippen molar-refractivity contribution in [1.82, 2.24) is 4.90 Å². The molecular formula is C20H28BrNO4. The minimum absolute atomic E-state index is 0.0105. The highest BCUT2D eigenvalue weighted by Gasteiger charge is 2.34. The largest absolute Gasteiger partial charge is 0.492 e. The molecule has 0 saturated carbocycles. The first-order valence-electron chi connectivity index (χ1n) is 9.04. The average Bonchev–Trinajstić information content (AvgIpc) is 3.07. The minimum atomic E-state index is -0.424. The number of amides is 1. The predicted octanol–water partition coefficient (Wildman–Crippen LogP) is 4.07. The van der Waals surface area contributed by atoms with Gasteiger partial charge in [0.1, 0.15) is 11.8 Å². The van der Waals surface area contributed by atoms with Crippen LogP contribution in [0.1, 0.15) is 52.0 Å². The molecule has 1 amide bonds. The van der Waals surface area contributed by atoms with E-state index in [1.54, 1.807) is 4.90 Å². The molecule has 1 aromatic carbocycles. The number of nitrogens with zero attached hydrogens (tertiary/aromatic N) is 1. The number of rotatable bonds is 6. The summed E-state index contributed by atoms with van der Waals surface area (Å²) in [4.78, 5) is 25.7. The first kappa shape index (κ1) is 20.7. The van der Waals surface area contributed by atoms with Crippen LogP contribution in [0.15, 0.2) is 22.7 Å². The van der Waals surface area contributed by atoms with E-state index in [9.17, 15) is 9.59 Å². The Kier molecular flexibility index (Phi) is 7.09. The average molecular weight is 426 g/mol. The highest BCUT2D eigenvalue weighted by atomic mass is 79.9. The topological polar surface area (TPSA) is 55.8 Å². The first-order chi connectivity index (χ1) is 12.2. The van der Waals surface area contributed by atoms with Gasteiger partial charge >= 0.3 is 5.97 Å². The molecule has 2 rings (SSSR count). The summed E-state index contributed by atoms with van der Waals surface area (Å²) in [6.07, 6.45) is 2.50. The van der Waals surface area contributed by atoms with Gasteiger partial charge in [0.15, 0.2) is 0 Å². The fourth-order valence-electron chi connectivity index (χ4n) is 3.08. The number of methoxy groups -OCH3 is 1. The Morgan fingerprint density at radius 1 is 1.31 bits per heavy atom. The molecule has 0 aliphatic carbocycles. The molecule has 1 heterocycles. The monoisotopic (exact) mass is 425 g/mol. The number of halogens is 1.